The summed E-state index contributed by atoms with van der Waals surface area (Å²) in [5.41, 5.74) is 0.842. The molecule has 0 atom stereocenters. The first-order valence-corrected chi connectivity index (χ1v) is 13.0. The molecule has 9 nitrogen and oxygen atoms in total. The van der Waals surface area contributed by atoms with Gasteiger partial charge in [0.15, 0.2) is 0 Å². The zero-order valence-electron chi connectivity index (χ0n) is 20.4. The number of carbonyl (C=O) groups is 3. The molecule has 2 heterocycles. The number of hydrogen-bond donors (Lipinski definition) is 1. The summed E-state index contributed by atoms with van der Waals surface area (Å²) < 4.78 is 12.0. The van der Waals surface area contributed by atoms with Gasteiger partial charge in [0.1, 0.15) is 22.4 Å². The fourth-order valence-electron chi connectivity index (χ4n) is 4.21. The van der Waals surface area contributed by atoms with Crippen molar-refractivity contribution < 1.29 is 23.9 Å². The van der Waals surface area contributed by atoms with Crippen LogP contribution in [0.2, 0.25) is 0 Å². The molecule has 0 radical (unpaired) electrons. The van der Waals surface area contributed by atoms with E-state index in [4.69, 9.17) is 9.47 Å². The topological polar surface area (TPSA) is 117 Å². The molecule has 1 aliphatic carbocycles. The lowest BCUT2D eigenvalue weighted by Crippen LogP contribution is -2.28. The third kappa shape index (κ3) is 5.81. The van der Waals surface area contributed by atoms with Crippen LogP contribution in [0.1, 0.15) is 71.0 Å². The van der Waals surface area contributed by atoms with Crippen molar-refractivity contribution in [2.75, 3.05) is 11.9 Å². The van der Waals surface area contributed by atoms with Crippen molar-refractivity contribution in [1.29, 1.82) is 0 Å². The van der Waals surface area contributed by atoms with Gasteiger partial charge in [0.2, 0.25) is 5.91 Å². The van der Waals surface area contributed by atoms with Crippen LogP contribution in [0.4, 0.5) is 5.69 Å². The molecule has 1 aliphatic rings. The summed E-state index contributed by atoms with van der Waals surface area (Å²) >= 11 is 1.13. The average molecular weight is 512 g/mol. The van der Waals surface area contributed by atoms with Crippen molar-refractivity contribution in [3.8, 4) is 0 Å². The van der Waals surface area contributed by atoms with Crippen LogP contribution < -0.4 is 10.9 Å². The van der Waals surface area contributed by atoms with E-state index in [0.717, 1.165) is 43.4 Å². The Morgan fingerprint density at radius 3 is 2.69 bits per heavy atom. The van der Waals surface area contributed by atoms with Gasteiger partial charge in [-0.3, -0.25) is 14.2 Å². The van der Waals surface area contributed by atoms with Crippen LogP contribution in [0, 0.1) is 6.92 Å². The minimum Gasteiger partial charge on any atom is -0.462 e. The van der Waals surface area contributed by atoms with E-state index in [-0.39, 0.29) is 12.6 Å². The number of carbonyl (C=O) groups excluding carboxylic acids is 3. The number of rotatable bonds is 8. The number of nitrogens with one attached hydrogen (secondary N) is 1. The van der Waals surface area contributed by atoms with Crippen molar-refractivity contribution in [3.63, 3.8) is 0 Å². The number of amides is 1. The first kappa shape index (κ1) is 25.6. The Morgan fingerprint density at radius 1 is 1.17 bits per heavy atom. The molecule has 10 heteroatoms. The van der Waals surface area contributed by atoms with Crippen LogP contribution in [-0.2, 0) is 20.8 Å². The summed E-state index contributed by atoms with van der Waals surface area (Å²) in [4.78, 5) is 55.8. The number of benzene rings is 1. The van der Waals surface area contributed by atoms with Gasteiger partial charge in [-0.25, -0.2) is 14.6 Å². The van der Waals surface area contributed by atoms with Gasteiger partial charge < -0.3 is 14.8 Å². The van der Waals surface area contributed by atoms with Crippen molar-refractivity contribution in [1.82, 2.24) is 9.55 Å². The quantitative estimate of drug-likeness (QED) is 0.444. The first-order valence-electron chi connectivity index (χ1n) is 12.1. The summed E-state index contributed by atoms with van der Waals surface area (Å²) in [6, 6.07) is 6.41. The molecule has 3 aromatic rings. The maximum absolute atomic E-state index is 13.1. The van der Waals surface area contributed by atoms with E-state index in [0.29, 0.717) is 44.9 Å². The molecular weight excluding hydrogens is 482 g/mol. The molecule has 36 heavy (non-hydrogen) atoms. The van der Waals surface area contributed by atoms with Crippen LogP contribution in [0.5, 0.6) is 0 Å². The molecule has 0 unspecified atom stereocenters. The first-order chi connectivity index (χ1) is 17.4. The molecule has 0 saturated heterocycles. The Bertz CT molecular complexity index is 1340. The Balaban J connectivity index is 1.48. The van der Waals surface area contributed by atoms with E-state index >= 15 is 0 Å². The number of hydrogen-bond acceptors (Lipinski definition) is 8. The van der Waals surface area contributed by atoms with Gasteiger partial charge in [-0.15, -0.1) is 11.3 Å². The average Bonchev–Trinajstić information content (AvgIpc) is 3.22. The monoisotopic (exact) mass is 511 g/mol. The highest BCUT2D eigenvalue weighted by molar-refractivity contribution is 7.20. The molecule has 2 aromatic heterocycles. The minimum atomic E-state index is -0.468. The van der Waals surface area contributed by atoms with Crippen LogP contribution in [-0.4, -0.2) is 40.1 Å². The van der Waals surface area contributed by atoms with Gasteiger partial charge in [-0.1, -0.05) is 19.4 Å². The smallest absolute Gasteiger partial charge is 0.348 e. The van der Waals surface area contributed by atoms with Gasteiger partial charge in [0, 0.05) is 5.69 Å². The number of fused-ring (bicyclic) bond motifs is 1. The molecule has 190 valence electrons. The molecule has 0 bridgehead atoms. The van der Waals surface area contributed by atoms with Gasteiger partial charge >= 0.3 is 11.9 Å². The fraction of sp³-hybridized carbons (Fsp3) is 0.423. The number of nitrogens with zero attached hydrogens (tertiary/aromatic N) is 2. The molecule has 1 aromatic carbocycles. The molecule has 1 saturated carbocycles. The fourth-order valence-corrected chi connectivity index (χ4v) is 5.23. The predicted octanol–water partition coefficient (Wildman–Crippen LogP) is 4.46. The third-order valence-corrected chi connectivity index (χ3v) is 7.24. The Labute approximate surface area is 212 Å². The zero-order valence-corrected chi connectivity index (χ0v) is 21.2. The maximum atomic E-state index is 13.1. The van der Waals surface area contributed by atoms with E-state index in [1.54, 1.807) is 25.1 Å². The summed E-state index contributed by atoms with van der Waals surface area (Å²) in [6.07, 6.45) is 6.89. The molecule has 4 rings (SSSR count). The van der Waals surface area contributed by atoms with E-state index in [9.17, 15) is 19.2 Å². The largest absolute Gasteiger partial charge is 0.462 e. The second-order valence-electron chi connectivity index (χ2n) is 8.84. The minimum absolute atomic E-state index is 0.0869. The predicted molar refractivity (Wildman–Crippen MR) is 137 cm³/mol. The van der Waals surface area contributed by atoms with Crippen LogP contribution >= 0.6 is 11.3 Å². The molecule has 0 spiro atoms. The molecule has 1 fully saturated rings. The number of ether oxygens (including phenoxy) is 2. The number of thiophene rings is 1. The molecule has 1 amide bonds. The normalized spacial score (nSPS) is 13.9. The number of anilines is 1. The molecule has 1 N–H and O–H groups in total. The van der Waals surface area contributed by atoms with E-state index in [1.165, 1.54) is 17.0 Å². The highest BCUT2D eigenvalue weighted by Gasteiger charge is 2.24. The lowest BCUT2D eigenvalue weighted by Gasteiger charge is -2.21. The number of aryl methyl sites for hydroxylation is 1. The SMILES string of the molecule is CCCOC(=O)c1cccc(NC(=O)Cn2cnc3sc(C(=O)OC4CCCCC4)c(C)c3c2=O)c1. The summed E-state index contributed by atoms with van der Waals surface area (Å²) in [5.74, 6) is -1.35. The van der Waals surface area contributed by atoms with Crippen molar-refractivity contribution in [2.24, 2.45) is 0 Å². The maximum Gasteiger partial charge on any atom is 0.348 e. The van der Waals surface area contributed by atoms with Gasteiger partial charge in [-0.05, 0) is 62.8 Å². The highest BCUT2D eigenvalue weighted by Crippen LogP contribution is 2.29. The Kier molecular flexibility index (Phi) is 8.14. The van der Waals surface area contributed by atoms with E-state index in [1.807, 2.05) is 6.92 Å². The van der Waals surface area contributed by atoms with Crippen LogP contribution in [0.15, 0.2) is 35.4 Å². The van der Waals surface area contributed by atoms with Crippen molar-refractivity contribution in [3.05, 3.63) is 57.0 Å². The van der Waals surface area contributed by atoms with E-state index < -0.39 is 23.4 Å². The van der Waals surface area contributed by atoms with Crippen molar-refractivity contribution >= 4 is 45.1 Å². The Morgan fingerprint density at radius 2 is 1.94 bits per heavy atom. The number of esters is 2. The molecule has 0 aliphatic heterocycles. The van der Waals surface area contributed by atoms with Crippen LogP contribution in [0.25, 0.3) is 10.2 Å². The standard InChI is InChI=1S/C26H29N3O6S/c1-3-12-34-25(32)17-8-7-9-18(13-17)28-20(30)14-29-15-27-23-21(24(29)31)16(2)22(36-23)26(33)35-19-10-5-4-6-11-19/h7-9,13,15,19H,3-6,10-12,14H2,1-2H3,(H,28,30). The molecular formula is C26H29N3O6S. The van der Waals surface area contributed by atoms with Gasteiger partial charge in [-0.2, -0.15) is 0 Å². The lowest BCUT2D eigenvalue weighted by atomic mass is 9.98. The summed E-state index contributed by atoms with van der Waals surface area (Å²) in [5, 5.41) is 3.01. The highest BCUT2D eigenvalue weighted by atomic mass is 32.1. The Hall–Kier alpha value is -3.53. The summed E-state index contributed by atoms with van der Waals surface area (Å²) in [6.45, 7) is 3.64. The van der Waals surface area contributed by atoms with Crippen LogP contribution in [0.3, 0.4) is 0 Å². The van der Waals surface area contributed by atoms with Crippen molar-refractivity contribution in [2.45, 2.75) is 65.0 Å². The summed E-state index contributed by atoms with van der Waals surface area (Å²) in [7, 11) is 0. The lowest BCUT2D eigenvalue weighted by molar-refractivity contribution is -0.116. The van der Waals surface area contributed by atoms with Gasteiger partial charge in [0.25, 0.3) is 5.56 Å². The zero-order chi connectivity index (χ0) is 25.7. The third-order valence-electron chi connectivity index (χ3n) is 6.06. The van der Waals surface area contributed by atoms with E-state index in [2.05, 4.69) is 10.3 Å². The van der Waals surface area contributed by atoms with Gasteiger partial charge in [0.05, 0.1) is 23.9 Å². The second-order valence-corrected chi connectivity index (χ2v) is 9.84. The second kappa shape index (κ2) is 11.5. The number of aromatic nitrogens is 2.